The van der Waals surface area contributed by atoms with Gasteiger partial charge in [-0.25, -0.2) is 8.78 Å². The average Bonchev–Trinajstić information content (AvgIpc) is 2.86. The van der Waals surface area contributed by atoms with Gasteiger partial charge in [-0.3, -0.25) is 4.79 Å². The molecule has 178 valence electrons. The Morgan fingerprint density at radius 3 is 2.15 bits per heavy atom. The zero-order valence-electron chi connectivity index (χ0n) is 19.1. The van der Waals surface area contributed by atoms with Crippen LogP contribution >= 0.6 is 0 Å². The van der Waals surface area contributed by atoms with Crippen molar-refractivity contribution in [2.45, 2.75) is 12.5 Å². The molecule has 6 nitrogen and oxygen atoms in total. The molecule has 3 aromatic carbocycles. The van der Waals surface area contributed by atoms with Gasteiger partial charge in [0, 0.05) is 6.54 Å². The fourth-order valence-electron chi connectivity index (χ4n) is 4.20. The first-order valence-electron chi connectivity index (χ1n) is 10.7. The van der Waals surface area contributed by atoms with E-state index in [1.807, 2.05) is 12.1 Å². The van der Waals surface area contributed by atoms with Gasteiger partial charge in [0.2, 0.25) is 0 Å². The first-order valence-corrected chi connectivity index (χ1v) is 10.7. The fourth-order valence-corrected chi connectivity index (χ4v) is 4.20. The lowest BCUT2D eigenvalue weighted by Gasteiger charge is -2.37. The van der Waals surface area contributed by atoms with E-state index in [-0.39, 0.29) is 13.2 Å². The third kappa shape index (κ3) is 4.35. The Kier molecular flexibility index (Phi) is 6.86. The minimum Gasteiger partial charge on any atom is -0.493 e. The molecule has 1 heterocycles. The number of carbonyl (C=O) groups excluding carboxylic acids is 1. The second-order valence-corrected chi connectivity index (χ2v) is 7.73. The highest BCUT2D eigenvalue weighted by molar-refractivity contribution is 5.95. The summed E-state index contributed by atoms with van der Waals surface area (Å²) in [7, 11) is 4.60. The Morgan fingerprint density at radius 2 is 1.50 bits per heavy atom. The van der Waals surface area contributed by atoms with Crippen LogP contribution in [-0.2, 0) is 6.42 Å². The smallest absolute Gasteiger partial charge is 0.260 e. The maximum Gasteiger partial charge on any atom is 0.260 e. The highest BCUT2D eigenvalue weighted by atomic mass is 19.1. The van der Waals surface area contributed by atoms with Gasteiger partial charge in [0.15, 0.2) is 23.0 Å². The Hall–Kier alpha value is -3.81. The highest BCUT2D eigenvalue weighted by Crippen LogP contribution is 2.39. The van der Waals surface area contributed by atoms with Gasteiger partial charge in [-0.2, -0.15) is 0 Å². The summed E-state index contributed by atoms with van der Waals surface area (Å²) in [5.74, 6) is -0.504. The fraction of sp³-hybridized carbons (Fsp3) is 0.269. The van der Waals surface area contributed by atoms with E-state index in [0.717, 1.165) is 23.3 Å². The Morgan fingerprint density at radius 1 is 0.882 bits per heavy atom. The Balaban J connectivity index is 1.76. The van der Waals surface area contributed by atoms with E-state index < -0.39 is 29.1 Å². The summed E-state index contributed by atoms with van der Waals surface area (Å²) in [5, 5.41) is 0. The molecule has 0 N–H and O–H groups in total. The van der Waals surface area contributed by atoms with Crippen molar-refractivity contribution in [3.8, 4) is 23.0 Å². The topological polar surface area (TPSA) is 57.2 Å². The normalized spacial score (nSPS) is 14.9. The van der Waals surface area contributed by atoms with Crippen LogP contribution in [0.3, 0.4) is 0 Å². The molecule has 0 aliphatic carbocycles. The van der Waals surface area contributed by atoms with E-state index in [0.29, 0.717) is 29.4 Å². The van der Waals surface area contributed by atoms with Crippen molar-refractivity contribution >= 4 is 5.91 Å². The standard InChI is InChI=1S/C26H25F2NO5/c1-31-21-9-4-5-10-22(21)34-15-20-17-14-24(33-3)23(32-2)13-16(17)11-12-29(20)26(30)25-18(27)7-6-8-19(25)28/h4-10,13-14,20H,11-12,15H2,1-3H3. The molecular formula is C26H25F2NO5. The summed E-state index contributed by atoms with van der Waals surface area (Å²) in [6, 6.07) is 13.5. The van der Waals surface area contributed by atoms with E-state index in [1.54, 1.807) is 31.4 Å². The van der Waals surface area contributed by atoms with Crippen molar-refractivity contribution in [2.24, 2.45) is 0 Å². The predicted molar refractivity (Wildman–Crippen MR) is 122 cm³/mol. The molecular weight excluding hydrogens is 444 g/mol. The predicted octanol–water partition coefficient (Wildman–Crippen LogP) is 4.81. The number of fused-ring (bicyclic) bond motifs is 1. The van der Waals surface area contributed by atoms with E-state index >= 15 is 0 Å². The van der Waals surface area contributed by atoms with Crippen molar-refractivity contribution in [2.75, 3.05) is 34.5 Å². The van der Waals surface area contributed by atoms with Crippen LogP contribution in [-0.4, -0.2) is 45.3 Å². The van der Waals surface area contributed by atoms with Gasteiger partial charge in [0.1, 0.15) is 23.8 Å². The quantitative estimate of drug-likeness (QED) is 0.497. The van der Waals surface area contributed by atoms with E-state index in [1.165, 1.54) is 25.2 Å². The molecule has 0 saturated carbocycles. The molecule has 1 aliphatic rings. The maximum absolute atomic E-state index is 14.5. The summed E-state index contributed by atoms with van der Waals surface area (Å²) in [6.45, 7) is 0.277. The number of carbonyl (C=O) groups is 1. The largest absolute Gasteiger partial charge is 0.493 e. The molecule has 34 heavy (non-hydrogen) atoms. The summed E-state index contributed by atoms with van der Waals surface area (Å²) in [5.41, 5.74) is 1.10. The molecule has 3 aromatic rings. The van der Waals surface area contributed by atoms with Crippen LogP contribution in [0.25, 0.3) is 0 Å². The Bertz CT molecular complexity index is 1180. The average molecular weight is 469 g/mol. The number of benzene rings is 3. The monoisotopic (exact) mass is 469 g/mol. The number of hydrogen-bond donors (Lipinski definition) is 0. The summed E-state index contributed by atoms with van der Waals surface area (Å²) < 4.78 is 51.2. The molecule has 1 unspecified atom stereocenters. The minimum absolute atomic E-state index is 0.0324. The van der Waals surface area contributed by atoms with Crippen LogP contribution in [0.2, 0.25) is 0 Å². The van der Waals surface area contributed by atoms with Crippen LogP contribution < -0.4 is 18.9 Å². The van der Waals surface area contributed by atoms with Crippen LogP contribution in [0.1, 0.15) is 27.5 Å². The number of amides is 1. The lowest BCUT2D eigenvalue weighted by Crippen LogP contribution is -2.43. The third-order valence-electron chi connectivity index (χ3n) is 5.91. The lowest BCUT2D eigenvalue weighted by molar-refractivity contribution is 0.0577. The number of rotatable bonds is 7. The molecule has 0 aromatic heterocycles. The van der Waals surface area contributed by atoms with Gasteiger partial charge in [-0.15, -0.1) is 0 Å². The zero-order valence-corrected chi connectivity index (χ0v) is 19.1. The van der Waals surface area contributed by atoms with Crippen LogP contribution in [0, 0.1) is 11.6 Å². The lowest BCUT2D eigenvalue weighted by atomic mass is 9.91. The molecule has 8 heteroatoms. The molecule has 1 aliphatic heterocycles. The number of nitrogens with zero attached hydrogens (tertiary/aromatic N) is 1. The van der Waals surface area contributed by atoms with Gasteiger partial charge < -0.3 is 23.8 Å². The van der Waals surface area contributed by atoms with Crippen LogP contribution in [0.4, 0.5) is 8.78 Å². The summed E-state index contributed by atoms with van der Waals surface area (Å²) in [6.07, 6.45) is 0.475. The maximum atomic E-state index is 14.5. The molecule has 0 radical (unpaired) electrons. The molecule has 0 bridgehead atoms. The van der Waals surface area contributed by atoms with Crippen molar-refractivity contribution in [3.05, 3.63) is 82.9 Å². The van der Waals surface area contributed by atoms with Crippen LogP contribution in [0.15, 0.2) is 54.6 Å². The number of halogens is 2. The van der Waals surface area contributed by atoms with Gasteiger partial charge >= 0.3 is 0 Å². The zero-order chi connectivity index (χ0) is 24.2. The molecule has 0 spiro atoms. The van der Waals surface area contributed by atoms with Crippen molar-refractivity contribution in [1.82, 2.24) is 4.90 Å². The van der Waals surface area contributed by atoms with Gasteiger partial charge in [0.05, 0.1) is 27.4 Å². The molecule has 0 fully saturated rings. The second-order valence-electron chi connectivity index (χ2n) is 7.73. The van der Waals surface area contributed by atoms with Crippen molar-refractivity contribution in [1.29, 1.82) is 0 Å². The van der Waals surface area contributed by atoms with Crippen LogP contribution in [0.5, 0.6) is 23.0 Å². The highest BCUT2D eigenvalue weighted by Gasteiger charge is 2.35. The molecule has 1 atom stereocenters. The van der Waals surface area contributed by atoms with Gasteiger partial charge in [-0.1, -0.05) is 18.2 Å². The first kappa shape index (κ1) is 23.4. The SMILES string of the molecule is COc1cc2c(cc1OC)C(COc1ccccc1OC)N(C(=O)c1c(F)cccc1F)CC2. The number of ether oxygens (including phenoxy) is 4. The number of methoxy groups -OCH3 is 3. The number of hydrogen-bond acceptors (Lipinski definition) is 5. The minimum atomic E-state index is -0.910. The molecule has 1 amide bonds. The Labute approximate surface area is 196 Å². The number of para-hydroxylation sites is 2. The molecule has 4 rings (SSSR count). The second kappa shape index (κ2) is 9.99. The third-order valence-corrected chi connectivity index (χ3v) is 5.91. The van der Waals surface area contributed by atoms with Gasteiger partial charge in [0.25, 0.3) is 5.91 Å². The first-order chi connectivity index (χ1) is 16.5. The molecule has 0 saturated heterocycles. The van der Waals surface area contributed by atoms with E-state index in [9.17, 15) is 13.6 Å². The van der Waals surface area contributed by atoms with E-state index in [4.69, 9.17) is 18.9 Å². The van der Waals surface area contributed by atoms with Crippen molar-refractivity contribution < 1.29 is 32.5 Å². The van der Waals surface area contributed by atoms with E-state index in [2.05, 4.69) is 0 Å². The summed E-state index contributed by atoms with van der Waals surface area (Å²) >= 11 is 0. The van der Waals surface area contributed by atoms with Gasteiger partial charge in [-0.05, 0) is 53.9 Å². The van der Waals surface area contributed by atoms with Crippen molar-refractivity contribution in [3.63, 3.8) is 0 Å². The summed E-state index contributed by atoms with van der Waals surface area (Å²) in [4.78, 5) is 14.8.